The standard InChI is InChI=1S/C27H35N7O3.2ClH/c1-4-37-23(35)16-31-27(3,26(36)34-13-5-6-14-34)20-11-12-21-24(17(20)2)33-22(32-21)15-30-19-9-7-18(8-10-19)25(28)29;;/h7-12,30-31H,4-6,13-16H2,1-3H3,(H3,28,29)(H,32,33);2*1H/t27-;;/m1../s1. The lowest BCUT2D eigenvalue weighted by atomic mass is 9.86. The molecule has 1 aliphatic heterocycles. The van der Waals surface area contributed by atoms with E-state index in [1.54, 1.807) is 19.1 Å². The Morgan fingerprint density at radius 1 is 1.15 bits per heavy atom. The number of carbonyl (C=O) groups excluding carboxylic acids is 2. The number of amides is 1. The largest absolute Gasteiger partial charge is 0.465 e. The van der Waals surface area contributed by atoms with E-state index in [4.69, 9.17) is 20.9 Å². The van der Waals surface area contributed by atoms with Crippen LogP contribution in [0.1, 0.15) is 49.2 Å². The van der Waals surface area contributed by atoms with E-state index >= 15 is 0 Å². The number of aromatic nitrogens is 2. The molecule has 1 fully saturated rings. The molecule has 0 spiro atoms. The number of carbonyl (C=O) groups is 2. The highest BCUT2D eigenvalue weighted by Gasteiger charge is 2.41. The lowest BCUT2D eigenvalue weighted by molar-refractivity contribution is -0.143. The summed E-state index contributed by atoms with van der Waals surface area (Å²) in [7, 11) is 0. The van der Waals surface area contributed by atoms with Crippen LogP contribution in [0.15, 0.2) is 36.4 Å². The fourth-order valence-corrected chi connectivity index (χ4v) is 4.83. The van der Waals surface area contributed by atoms with Gasteiger partial charge in [0, 0.05) is 24.3 Å². The summed E-state index contributed by atoms with van der Waals surface area (Å²) in [6.45, 7) is 7.65. The molecule has 4 rings (SSSR count). The lowest BCUT2D eigenvalue weighted by Crippen LogP contribution is -2.54. The van der Waals surface area contributed by atoms with Crippen LogP contribution in [0.4, 0.5) is 5.69 Å². The molecule has 0 radical (unpaired) electrons. The third-order valence-corrected chi connectivity index (χ3v) is 6.86. The van der Waals surface area contributed by atoms with Crippen molar-refractivity contribution in [3.8, 4) is 0 Å². The van der Waals surface area contributed by atoms with Gasteiger partial charge in [-0.05, 0) is 75.1 Å². The first-order valence-electron chi connectivity index (χ1n) is 12.6. The van der Waals surface area contributed by atoms with Crippen molar-refractivity contribution in [1.82, 2.24) is 20.2 Å². The summed E-state index contributed by atoms with van der Waals surface area (Å²) in [5, 5.41) is 14.0. The minimum absolute atomic E-state index is 0. The molecule has 1 saturated heterocycles. The fraction of sp³-hybridized carbons (Fsp3) is 0.407. The maximum Gasteiger partial charge on any atom is 0.319 e. The van der Waals surface area contributed by atoms with E-state index in [2.05, 4.69) is 15.6 Å². The van der Waals surface area contributed by atoms with E-state index in [0.29, 0.717) is 25.2 Å². The number of aromatic amines is 1. The summed E-state index contributed by atoms with van der Waals surface area (Å²) in [4.78, 5) is 35.9. The number of anilines is 1. The SMILES string of the molecule is CCOC(=O)CN[C@@](C)(C(=O)N1CCCC1)c1ccc2[nH]c(CNc3ccc(C(=N)N)cc3)nc2c1C.Cl.Cl. The molecule has 3 aromatic rings. The highest BCUT2D eigenvalue weighted by Crippen LogP contribution is 2.32. The van der Waals surface area contributed by atoms with Crippen LogP contribution in [0.25, 0.3) is 11.0 Å². The number of nitrogen functional groups attached to an aromatic ring is 1. The Balaban J connectivity index is 0.00000267. The molecule has 1 aromatic heterocycles. The second kappa shape index (κ2) is 13.6. The van der Waals surface area contributed by atoms with Crippen molar-refractivity contribution in [3.05, 3.63) is 58.9 Å². The Hall–Kier alpha value is -3.34. The normalized spacial score (nSPS) is 14.2. The molecule has 6 N–H and O–H groups in total. The second-order valence-electron chi connectivity index (χ2n) is 9.45. The number of H-pyrrole nitrogens is 1. The summed E-state index contributed by atoms with van der Waals surface area (Å²) < 4.78 is 5.10. The van der Waals surface area contributed by atoms with Crippen molar-refractivity contribution in [1.29, 1.82) is 5.41 Å². The van der Waals surface area contributed by atoms with Gasteiger partial charge in [-0.2, -0.15) is 0 Å². The summed E-state index contributed by atoms with van der Waals surface area (Å²) in [5.41, 5.74) is 9.27. The molecule has 0 unspecified atom stereocenters. The molecular weight excluding hydrogens is 541 g/mol. The second-order valence-corrected chi connectivity index (χ2v) is 9.45. The third kappa shape index (κ3) is 7.00. The molecule has 2 heterocycles. The average Bonchev–Trinajstić information content (AvgIpc) is 3.57. The van der Waals surface area contributed by atoms with E-state index < -0.39 is 11.5 Å². The van der Waals surface area contributed by atoms with Crippen LogP contribution in [-0.4, -0.2) is 58.8 Å². The van der Waals surface area contributed by atoms with Crippen molar-refractivity contribution in [2.24, 2.45) is 5.73 Å². The average molecular weight is 579 g/mol. The number of hydrogen-bond donors (Lipinski definition) is 5. The number of likely N-dealkylation sites (tertiary alicyclic amines) is 1. The molecule has 10 nitrogen and oxygen atoms in total. The van der Waals surface area contributed by atoms with Gasteiger partial charge in [0.15, 0.2) is 0 Å². The Morgan fingerprint density at radius 3 is 2.44 bits per heavy atom. The Bertz CT molecular complexity index is 1310. The van der Waals surface area contributed by atoms with Crippen LogP contribution in [-0.2, 0) is 26.4 Å². The van der Waals surface area contributed by atoms with Crippen LogP contribution >= 0.6 is 24.8 Å². The number of hydrogen-bond acceptors (Lipinski definition) is 7. The predicted octanol–water partition coefficient (Wildman–Crippen LogP) is 3.60. The monoisotopic (exact) mass is 577 g/mol. The lowest BCUT2D eigenvalue weighted by Gasteiger charge is -2.35. The van der Waals surface area contributed by atoms with Gasteiger partial charge in [0.1, 0.15) is 17.2 Å². The van der Waals surface area contributed by atoms with Crippen molar-refractivity contribution < 1.29 is 14.3 Å². The van der Waals surface area contributed by atoms with Crippen LogP contribution in [0.3, 0.4) is 0 Å². The number of amidine groups is 1. The Labute approximate surface area is 240 Å². The van der Waals surface area contributed by atoms with Crippen molar-refractivity contribution in [3.63, 3.8) is 0 Å². The van der Waals surface area contributed by atoms with E-state index in [1.165, 1.54) is 0 Å². The Morgan fingerprint density at radius 2 is 1.82 bits per heavy atom. The van der Waals surface area contributed by atoms with Crippen molar-refractivity contribution in [2.75, 3.05) is 31.6 Å². The third-order valence-electron chi connectivity index (χ3n) is 6.86. The summed E-state index contributed by atoms with van der Waals surface area (Å²) >= 11 is 0. The van der Waals surface area contributed by atoms with Crippen LogP contribution in [0.2, 0.25) is 0 Å². The fourth-order valence-electron chi connectivity index (χ4n) is 4.83. The smallest absolute Gasteiger partial charge is 0.319 e. The number of fused-ring (bicyclic) bond motifs is 1. The molecular formula is C27H37Cl2N7O3. The number of nitrogens with one attached hydrogen (secondary N) is 4. The van der Waals surface area contributed by atoms with Crippen molar-refractivity contribution >= 4 is 59.2 Å². The zero-order chi connectivity index (χ0) is 26.6. The number of benzene rings is 2. The first kappa shape index (κ1) is 31.9. The van der Waals surface area contributed by atoms with Gasteiger partial charge in [-0.15, -0.1) is 24.8 Å². The van der Waals surface area contributed by atoms with Gasteiger partial charge < -0.3 is 25.7 Å². The molecule has 212 valence electrons. The minimum atomic E-state index is -1.11. The van der Waals surface area contributed by atoms with Gasteiger partial charge >= 0.3 is 5.97 Å². The summed E-state index contributed by atoms with van der Waals surface area (Å²) in [5.74, 6) is 0.328. The quantitative estimate of drug-likeness (QED) is 0.140. The molecule has 0 bridgehead atoms. The van der Waals surface area contributed by atoms with Crippen molar-refractivity contribution in [2.45, 2.75) is 45.7 Å². The van der Waals surface area contributed by atoms with Gasteiger partial charge in [0.25, 0.3) is 0 Å². The molecule has 2 aromatic carbocycles. The zero-order valence-electron chi connectivity index (χ0n) is 22.4. The number of aryl methyl sites for hydroxylation is 1. The molecule has 39 heavy (non-hydrogen) atoms. The maximum atomic E-state index is 13.7. The van der Waals surface area contributed by atoms with Gasteiger partial charge in [-0.25, -0.2) is 4.98 Å². The predicted molar refractivity (Wildman–Crippen MR) is 158 cm³/mol. The Kier molecular flexibility index (Phi) is 11.1. The highest BCUT2D eigenvalue weighted by molar-refractivity contribution is 5.95. The molecule has 0 aliphatic carbocycles. The minimum Gasteiger partial charge on any atom is -0.465 e. The zero-order valence-corrected chi connectivity index (χ0v) is 24.1. The summed E-state index contributed by atoms with van der Waals surface area (Å²) in [6.07, 6.45) is 1.95. The molecule has 1 atom stereocenters. The first-order chi connectivity index (χ1) is 17.7. The van der Waals surface area contributed by atoms with Crippen LogP contribution in [0, 0.1) is 12.3 Å². The van der Waals surface area contributed by atoms with Gasteiger partial charge in [-0.1, -0.05) is 6.07 Å². The maximum absolute atomic E-state index is 13.7. The number of nitrogens with two attached hydrogens (primary N) is 1. The number of rotatable bonds is 10. The molecule has 1 amide bonds. The van der Waals surface area contributed by atoms with Gasteiger partial charge in [0.2, 0.25) is 5.91 Å². The van der Waals surface area contributed by atoms with E-state index in [0.717, 1.165) is 46.5 Å². The van der Waals surface area contributed by atoms with Gasteiger partial charge in [-0.3, -0.25) is 20.3 Å². The number of ether oxygens (including phenoxy) is 1. The number of nitrogens with zero attached hydrogens (tertiary/aromatic N) is 2. The van der Waals surface area contributed by atoms with E-state index in [1.807, 2.05) is 43.0 Å². The first-order valence-corrected chi connectivity index (χ1v) is 12.6. The van der Waals surface area contributed by atoms with Crippen LogP contribution < -0.4 is 16.4 Å². The number of halogens is 2. The van der Waals surface area contributed by atoms with Gasteiger partial charge in [0.05, 0.1) is 30.7 Å². The number of esters is 1. The van der Waals surface area contributed by atoms with E-state index in [9.17, 15) is 9.59 Å². The van der Waals surface area contributed by atoms with Crippen LogP contribution in [0.5, 0.6) is 0 Å². The molecule has 12 heteroatoms. The summed E-state index contributed by atoms with van der Waals surface area (Å²) in [6, 6.07) is 11.2. The molecule has 0 saturated carbocycles. The number of imidazole rings is 1. The highest BCUT2D eigenvalue weighted by atomic mass is 35.5. The topological polar surface area (TPSA) is 149 Å². The van der Waals surface area contributed by atoms with E-state index in [-0.39, 0.29) is 49.7 Å². The molecule has 1 aliphatic rings.